The Morgan fingerprint density at radius 2 is 2.06 bits per heavy atom. The number of aromatic nitrogens is 3. The van der Waals surface area contributed by atoms with Gasteiger partial charge in [-0.2, -0.15) is 0 Å². The predicted molar refractivity (Wildman–Crippen MR) is 128 cm³/mol. The molecule has 2 aliphatic rings. The van der Waals surface area contributed by atoms with E-state index in [4.69, 9.17) is 25.8 Å². The fraction of sp³-hybridized carbons (Fsp3) is 0.458. The van der Waals surface area contributed by atoms with Crippen LogP contribution in [0.4, 0.5) is 0 Å². The number of β-amino-alcohol motifs (C(OH)–C–C–N with tert-alkyl or cyclic N) is 1. The number of rotatable bonds is 7. The third-order valence-electron chi connectivity index (χ3n) is 6.32. The van der Waals surface area contributed by atoms with Crippen molar-refractivity contribution in [2.75, 3.05) is 40.0 Å². The number of aliphatic hydroxyl groups excluding tert-OH is 1. The van der Waals surface area contributed by atoms with Crippen LogP contribution in [0.1, 0.15) is 17.7 Å². The lowest BCUT2D eigenvalue weighted by molar-refractivity contribution is 0.0403. The number of hydrogen-bond donors (Lipinski definition) is 2. The summed E-state index contributed by atoms with van der Waals surface area (Å²) in [5, 5.41) is 14.8. The monoisotopic (exact) mass is 485 g/mol. The molecule has 5 rings (SSSR count). The van der Waals surface area contributed by atoms with Gasteiger partial charge < -0.3 is 29.5 Å². The molecule has 10 heteroatoms. The van der Waals surface area contributed by atoms with Gasteiger partial charge >= 0.3 is 0 Å². The van der Waals surface area contributed by atoms with Crippen LogP contribution in [0.15, 0.2) is 30.6 Å². The molecule has 0 radical (unpaired) electrons. The number of likely N-dealkylation sites (tertiary alicyclic amines) is 1. The third kappa shape index (κ3) is 5.02. The summed E-state index contributed by atoms with van der Waals surface area (Å²) in [5.74, 6) is 1.94. The summed E-state index contributed by atoms with van der Waals surface area (Å²) in [5.41, 5.74) is 3.36. The normalized spacial score (nSPS) is 20.4. The van der Waals surface area contributed by atoms with Crippen molar-refractivity contribution in [1.82, 2.24) is 25.2 Å². The summed E-state index contributed by atoms with van der Waals surface area (Å²) >= 11 is 6.47. The Bertz CT molecular complexity index is 1160. The van der Waals surface area contributed by atoms with Gasteiger partial charge in [0, 0.05) is 49.6 Å². The highest BCUT2D eigenvalue weighted by Gasteiger charge is 2.27. The van der Waals surface area contributed by atoms with E-state index in [2.05, 4.69) is 25.2 Å². The highest BCUT2D eigenvalue weighted by Crippen LogP contribution is 2.29. The molecule has 180 valence electrons. The van der Waals surface area contributed by atoms with Crippen molar-refractivity contribution in [2.45, 2.75) is 31.5 Å². The van der Waals surface area contributed by atoms with Crippen LogP contribution in [0.5, 0.6) is 17.4 Å². The van der Waals surface area contributed by atoms with Gasteiger partial charge in [-0.1, -0.05) is 11.6 Å². The highest BCUT2D eigenvalue weighted by atomic mass is 35.5. The van der Waals surface area contributed by atoms with Crippen molar-refractivity contribution in [3.63, 3.8) is 0 Å². The van der Waals surface area contributed by atoms with E-state index in [0.29, 0.717) is 49.4 Å². The van der Waals surface area contributed by atoms with Crippen molar-refractivity contribution < 1.29 is 19.3 Å². The van der Waals surface area contributed by atoms with E-state index < -0.39 is 6.10 Å². The lowest BCUT2D eigenvalue weighted by atomic mass is 10.0. The summed E-state index contributed by atoms with van der Waals surface area (Å²) < 4.78 is 16.4. The Kier molecular flexibility index (Phi) is 6.96. The maximum Gasteiger partial charge on any atom is 0.213 e. The zero-order valence-electron chi connectivity index (χ0n) is 19.0. The fourth-order valence-corrected chi connectivity index (χ4v) is 4.69. The molecule has 5 heterocycles. The van der Waals surface area contributed by atoms with E-state index in [1.165, 1.54) is 0 Å². The van der Waals surface area contributed by atoms with Gasteiger partial charge in [0.15, 0.2) is 11.5 Å². The molecule has 0 aliphatic carbocycles. The molecule has 0 bridgehead atoms. The Labute approximate surface area is 203 Å². The van der Waals surface area contributed by atoms with Crippen LogP contribution in [0.3, 0.4) is 0 Å². The molecule has 0 saturated carbocycles. The number of hydrogen-bond acceptors (Lipinski definition) is 9. The Balaban J connectivity index is 1.16. The minimum atomic E-state index is -0.478. The molecule has 0 unspecified atom stereocenters. The van der Waals surface area contributed by atoms with Crippen molar-refractivity contribution in [3.05, 3.63) is 46.9 Å². The van der Waals surface area contributed by atoms with Crippen LogP contribution in [0, 0.1) is 0 Å². The zero-order valence-corrected chi connectivity index (χ0v) is 19.8. The maximum absolute atomic E-state index is 10.8. The lowest BCUT2D eigenvalue weighted by Gasteiger charge is -2.36. The number of methoxy groups -OCH3 is 1. The first-order valence-corrected chi connectivity index (χ1v) is 11.8. The SMILES string of the molecule is COc1ccc2ncc(Cl)c(CCN3CC[C@H](NCc4cc5c(cn4)OCCO5)[C@H](O)C3)c2n1. The minimum Gasteiger partial charge on any atom is -0.486 e. The number of aliphatic hydroxyl groups is 1. The largest absolute Gasteiger partial charge is 0.486 e. The number of nitrogens with zero attached hydrogens (tertiary/aromatic N) is 4. The van der Waals surface area contributed by atoms with Crippen LogP contribution in [0.2, 0.25) is 5.02 Å². The second-order valence-electron chi connectivity index (χ2n) is 8.52. The van der Waals surface area contributed by atoms with Crippen LogP contribution >= 0.6 is 11.6 Å². The molecule has 3 aromatic heterocycles. The topological polar surface area (TPSA) is 102 Å². The van der Waals surface area contributed by atoms with Gasteiger partial charge in [-0.3, -0.25) is 9.97 Å². The Morgan fingerprint density at radius 1 is 1.21 bits per heavy atom. The summed E-state index contributed by atoms with van der Waals surface area (Å²) in [7, 11) is 1.59. The Morgan fingerprint density at radius 3 is 2.88 bits per heavy atom. The molecule has 1 fully saturated rings. The Hall–Kier alpha value is -2.72. The van der Waals surface area contributed by atoms with Gasteiger partial charge in [-0.25, -0.2) is 4.98 Å². The number of pyridine rings is 3. The highest BCUT2D eigenvalue weighted by molar-refractivity contribution is 6.32. The van der Waals surface area contributed by atoms with Gasteiger partial charge in [0.2, 0.25) is 5.88 Å². The molecule has 2 atom stereocenters. The number of nitrogens with one attached hydrogen (secondary N) is 1. The summed E-state index contributed by atoms with van der Waals surface area (Å²) in [6.45, 7) is 3.89. The second-order valence-corrected chi connectivity index (χ2v) is 8.93. The van der Waals surface area contributed by atoms with Crippen LogP contribution < -0.4 is 19.5 Å². The van der Waals surface area contributed by atoms with E-state index >= 15 is 0 Å². The summed E-state index contributed by atoms with van der Waals surface area (Å²) in [4.78, 5) is 15.6. The number of halogens is 1. The van der Waals surface area contributed by atoms with E-state index in [0.717, 1.165) is 47.6 Å². The third-order valence-corrected chi connectivity index (χ3v) is 6.65. The van der Waals surface area contributed by atoms with Gasteiger partial charge in [0.05, 0.1) is 41.2 Å². The zero-order chi connectivity index (χ0) is 23.5. The van der Waals surface area contributed by atoms with Crippen molar-refractivity contribution >= 4 is 22.6 Å². The van der Waals surface area contributed by atoms with E-state index in [1.54, 1.807) is 25.6 Å². The molecule has 2 N–H and O–H groups in total. The van der Waals surface area contributed by atoms with Crippen LogP contribution in [-0.2, 0) is 13.0 Å². The van der Waals surface area contributed by atoms with Crippen LogP contribution in [-0.4, -0.2) is 77.1 Å². The van der Waals surface area contributed by atoms with Crippen molar-refractivity contribution in [1.29, 1.82) is 0 Å². The number of fused-ring (bicyclic) bond motifs is 2. The van der Waals surface area contributed by atoms with Crippen LogP contribution in [0.25, 0.3) is 11.0 Å². The minimum absolute atomic E-state index is 0.00234. The molecule has 0 aromatic carbocycles. The van der Waals surface area contributed by atoms with E-state index in [-0.39, 0.29) is 6.04 Å². The summed E-state index contributed by atoms with van der Waals surface area (Å²) in [6.07, 6.45) is 4.44. The van der Waals surface area contributed by atoms with Gasteiger partial charge in [0.25, 0.3) is 0 Å². The fourth-order valence-electron chi connectivity index (χ4n) is 4.46. The maximum atomic E-state index is 10.8. The molecular weight excluding hydrogens is 458 g/mol. The first kappa shape index (κ1) is 23.0. The van der Waals surface area contributed by atoms with Crippen molar-refractivity contribution in [3.8, 4) is 17.4 Å². The number of ether oxygens (including phenoxy) is 3. The summed E-state index contributed by atoms with van der Waals surface area (Å²) in [6, 6.07) is 5.58. The average Bonchev–Trinajstić information content (AvgIpc) is 2.87. The first-order chi connectivity index (χ1) is 16.6. The molecule has 0 amide bonds. The molecule has 3 aromatic rings. The van der Waals surface area contributed by atoms with E-state index in [9.17, 15) is 5.11 Å². The van der Waals surface area contributed by atoms with Crippen molar-refractivity contribution in [2.24, 2.45) is 0 Å². The molecule has 1 saturated heterocycles. The average molecular weight is 486 g/mol. The molecule has 2 aliphatic heterocycles. The van der Waals surface area contributed by atoms with Gasteiger partial charge in [-0.15, -0.1) is 0 Å². The molecule has 34 heavy (non-hydrogen) atoms. The molecular formula is C24H28ClN5O4. The first-order valence-electron chi connectivity index (χ1n) is 11.5. The quantitative estimate of drug-likeness (QED) is 0.521. The lowest BCUT2D eigenvalue weighted by Crippen LogP contribution is -2.52. The molecule has 0 spiro atoms. The second kappa shape index (κ2) is 10.3. The van der Waals surface area contributed by atoms with E-state index in [1.807, 2.05) is 12.1 Å². The molecule has 9 nitrogen and oxygen atoms in total. The van der Waals surface area contributed by atoms with Gasteiger partial charge in [-0.05, 0) is 25.5 Å². The standard InChI is InChI=1S/C24H28ClN5O4/c1-32-23-3-2-19-24(29-23)16(17(25)12-28-19)4-6-30-7-5-18(20(31)14-30)27-11-15-10-21-22(13-26-15)34-9-8-33-21/h2-3,10,12-13,18,20,27,31H,4-9,11,14H2,1H3/t18-,20+/m0/s1. The number of piperidine rings is 1. The van der Waals surface area contributed by atoms with Gasteiger partial charge in [0.1, 0.15) is 13.2 Å². The predicted octanol–water partition coefficient (Wildman–Crippen LogP) is 2.23. The smallest absolute Gasteiger partial charge is 0.213 e.